The topological polar surface area (TPSA) is 66.7 Å². The lowest BCUT2D eigenvalue weighted by molar-refractivity contribution is 0.0211. The lowest BCUT2D eigenvalue weighted by Crippen LogP contribution is -2.49. The number of nitrogens with one attached hydrogen (secondary N) is 2. The molecule has 2 aromatic rings. The van der Waals surface area contributed by atoms with Crippen LogP contribution in [0.2, 0.25) is 0 Å². The van der Waals surface area contributed by atoms with Crippen molar-refractivity contribution in [2.24, 2.45) is 4.99 Å². The molecule has 0 spiro atoms. The molecule has 0 saturated carbocycles. The predicted molar refractivity (Wildman–Crippen MR) is 128 cm³/mol. The van der Waals surface area contributed by atoms with Gasteiger partial charge in [0, 0.05) is 44.6 Å². The summed E-state index contributed by atoms with van der Waals surface area (Å²) in [6, 6.07) is 10.8. The maximum atomic E-state index is 5.45. The summed E-state index contributed by atoms with van der Waals surface area (Å²) in [4.78, 5) is 7.27. The number of ether oxygens (including phenoxy) is 1. The highest BCUT2D eigenvalue weighted by atomic mass is 127. The summed E-state index contributed by atoms with van der Waals surface area (Å²) in [5.74, 6) is 0.858. The zero-order valence-corrected chi connectivity index (χ0v) is 19.7. The minimum Gasteiger partial charge on any atom is -0.379 e. The highest BCUT2D eigenvalue weighted by Crippen LogP contribution is 2.11. The molecule has 2 N–H and O–H groups in total. The second-order valence-electron chi connectivity index (χ2n) is 7.05. The van der Waals surface area contributed by atoms with E-state index in [1.165, 1.54) is 11.1 Å². The molecule has 1 unspecified atom stereocenters. The van der Waals surface area contributed by atoms with Crippen LogP contribution < -0.4 is 10.6 Å². The molecular formula is C21H33IN6O. The molecule has 1 fully saturated rings. The van der Waals surface area contributed by atoms with Crippen molar-refractivity contribution in [3.05, 3.63) is 53.9 Å². The molecule has 29 heavy (non-hydrogen) atoms. The van der Waals surface area contributed by atoms with Crippen LogP contribution in [-0.2, 0) is 17.8 Å². The molecule has 0 bridgehead atoms. The van der Waals surface area contributed by atoms with Crippen LogP contribution in [0, 0.1) is 0 Å². The van der Waals surface area contributed by atoms with Crippen LogP contribution in [0.15, 0.2) is 47.7 Å². The van der Waals surface area contributed by atoms with E-state index in [9.17, 15) is 0 Å². The van der Waals surface area contributed by atoms with Crippen LogP contribution in [0.1, 0.15) is 25.0 Å². The van der Waals surface area contributed by atoms with Gasteiger partial charge in [0.2, 0.25) is 0 Å². The van der Waals surface area contributed by atoms with Crippen LogP contribution in [0.4, 0.5) is 0 Å². The summed E-state index contributed by atoms with van der Waals surface area (Å²) in [6.07, 6.45) is 3.79. The van der Waals surface area contributed by atoms with Crippen LogP contribution in [-0.4, -0.2) is 66.1 Å². The zero-order chi connectivity index (χ0) is 19.6. The van der Waals surface area contributed by atoms with Crippen molar-refractivity contribution >= 4 is 29.9 Å². The predicted octanol–water partition coefficient (Wildman–Crippen LogP) is 2.33. The molecular weight excluding hydrogens is 479 g/mol. The molecule has 0 amide bonds. The number of morpholine rings is 1. The van der Waals surface area contributed by atoms with Gasteiger partial charge in [-0.1, -0.05) is 24.3 Å². The summed E-state index contributed by atoms with van der Waals surface area (Å²) < 4.78 is 7.39. The van der Waals surface area contributed by atoms with Gasteiger partial charge in [-0.3, -0.25) is 9.58 Å². The number of benzene rings is 1. The third kappa shape index (κ3) is 7.60. The fourth-order valence-corrected chi connectivity index (χ4v) is 3.33. The van der Waals surface area contributed by atoms with Gasteiger partial charge < -0.3 is 15.4 Å². The van der Waals surface area contributed by atoms with Gasteiger partial charge in [0.1, 0.15) is 0 Å². The van der Waals surface area contributed by atoms with Gasteiger partial charge in [-0.15, -0.1) is 24.0 Å². The first-order chi connectivity index (χ1) is 13.8. The molecule has 160 valence electrons. The molecule has 7 nitrogen and oxygen atoms in total. The van der Waals surface area contributed by atoms with Crippen molar-refractivity contribution in [3.8, 4) is 0 Å². The van der Waals surface area contributed by atoms with Gasteiger partial charge in [-0.05, 0) is 31.0 Å². The van der Waals surface area contributed by atoms with E-state index in [1.54, 1.807) is 0 Å². The number of nitrogens with zero attached hydrogens (tertiary/aromatic N) is 4. The molecule has 1 atom stereocenters. The van der Waals surface area contributed by atoms with Crippen molar-refractivity contribution in [2.45, 2.75) is 33.0 Å². The molecule has 1 aromatic heterocycles. The molecule has 8 heteroatoms. The van der Waals surface area contributed by atoms with E-state index in [1.807, 2.05) is 23.1 Å². The largest absolute Gasteiger partial charge is 0.379 e. The fraction of sp³-hybridized carbons (Fsp3) is 0.524. The summed E-state index contributed by atoms with van der Waals surface area (Å²) >= 11 is 0. The third-order valence-corrected chi connectivity index (χ3v) is 5.00. The molecule has 3 rings (SSSR count). The van der Waals surface area contributed by atoms with Gasteiger partial charge in [0.25, 0.3) is 0 Å². The van der Waals surface area contributed by atoms with Crippen molar-refractivity contribution in [1.29, 1.82) is 0 Å². The normalized spacial score (nSPS) is 16.1. The summed E-state index contributed by atoms with van der Waals surface area (Å²) in [5.41, 5.74) is 2.46. The van der Waals surface area contributed by atoms with E-state index in [2.05, 4.69) is 58.7 Å². The Labute approximate surface area is 190 Å². The van der Waals surface area contributed by atoms with Crippen molar-refractivity contribution < 1.29 is 4.74 Å². The minimum atomic E-state index is 0. The SMILES string of the molecule is CCNC(=NCc1ccccc1Cn1cccn1)NCC(C)N1CCOCC1.I. The molecule has 1 aromatic carbocycles. The van der Waals surface area contributed by atoms with Gasteiger partial charge in [0.05, 0.1) is 26.3 Å². The van der Waals surface area contributed by atoms with Crippen LogP contribution >= 0.6 is 24.0 Å². The van der Waals surface area contributed by atoms with Crippen molar-refractivity contribution in [1.82, 2.24) is 25.3 Å². The summed E-state index contributed by atoms with van der Waals surface area (Å²) in [5, 5.41) is 11.2. The molecule has 1 aliphatic rings. The monoisotopic (exact) mass is 512 g/mol. The van der Waals surface area contributed by atoms with E-state index in [0.717, 1.165) is 51.9 Å². The van der Waals surface area contributed by atoms with Gasteiger partial charge in [-0.2, -0.15) is 5.10 Å². The number of hydrogen-bond donors (Lipinski definition) is 2. The lowest BCUT2D eigenvalue weighted by Gasteiger charge is -2.32. The Morgan fingerprint density at radius 2 is 1.93 bits per heavy atom. The Balaban J connectivity index is 0.00000300. The Bertz CT molecular complexity index is 731. The Kier molecular flexibility index (Phi) is 10.4. The molecule has 1 saturated heterocycles. The molecule has 0 radical (unpaired) electrons. The number of guanidine groups is 1. The highest BCUT2D eigenvalue weighted by Gasteiger charge is 2.17. The van der Waals surface area contributed by atoms with E-state index in [0.29, 0.717) is 12.6 Å². The first-order valence-corrected chi connectivity index (χ1v) is 10.1. The van der Waals surface area contributed by atoms with E-state index < -0.39 is 0 Å². The quantitative estimate of drug-likeness (QED) is 0.323. The standard InChI is InChI=1S/C21H32N6O.HI/c1-3-22-21(23-15-18(2)26-11-13-28-14-12-26)24-16-19-7-4-5-8-20(19)17-27-10-6-9-25-27;/h4-10,18H,3,11-17H2,1-2H3,(H2,22,23,24);1H. The number of aromatic nitrogens is 2. The smallest absolute Gasteiger partial charge is 0.191 e. The molecule has 2 heterocycles. The van der Waals surface area contributed by atoms with Crippen LogP contribution in [0.3, 0.4) is 0 Å². The minimum absolute atomic E-state index is 0. The van der Waals surface area contributed by atoms with Gasteiger partial charge in [-0.25, -0.2) is 4.99 Å². The molecule has 1 aliphatic heterocycles. The number of hydrogen-bond acceptors (Lipinski definition) is 4. The van der Waals surface area contributed by atoms with Gasteiger partial charge in [0.15, 0.2) is 5.96 Å². The van der Waals surface area contributed by atoms with Gasteiger partial charge >= 0.3 is 0 Å². The van der Waals surface area contributed by atoms with Crippen molar-refractivity contribution in [2.75, 3.05) is 39.4 Å². The van der Waals surface area contributed by atoms with Crippen molar-refractivity contribution in [3.63, 3.8) is 0 Å². The average Bonchev–Trinajstić information content (AvgIpc) is 3.24. The maximum absolute atomic E-state index is 5.45. The Morgan fingerprint density at radius 1 is 1.17 bits per heavy atom. The first kappa shape index (κ1) is 23.6. The fourth-order valence-electron chi connectivity index (χ4n) is 3.33. The second-order valence-corrected chi connectivity index (χ2v) is 7.05. The number of halogens is 1. The molecule has 0 aliphatic carbocycles. The number of rotatable bonds is 8. The lowest BCUT2D eigenvalue weighted by atomic mass is 10.1. The average molecular weight is 512 g/mol. The summed E-state index contributed by atoms with van der Waals surface area (Å²) in [7, 11) is 0. The highest BCUT2D eigenvalue weighted by molar-refractivity contribution is 14.0. The van der Waals surface area contributed by atoms with Crippen LogP contribution in [0.25, 0.3) is 0 Å². The first-order valence-electron chi connectivity index (χ1n) is 10.1. The Morgan fingerprint density at radius 3 is 2.62 bits per heavy atom. The third-order valence-electron chi connectivity index (χ3n) is 5.00. The van der Waals surface area contributed by atoms with E-state index >= 15 is 0 Å². The zero-order valence-electron chi connectivity index (χ0n) is 17.4. The Hall–Kier alpha value is -1.65. The van der Waals surface area contributed by atoms with Crippen LogP contribution in [0.5, 0.6) is 0 Å². The summed E-state index contributed by atoms with van der Waals surface area (Å²) in [6.45, 7) is 11.1. The maximum Gasteiger partial charge on any atom is 0.191 e. The van der Waals surface area contributed by atoms with E-state index in [4.69, 9.17) is 9.73 Å². The van der Waals surface area contributed by atoms with E-state index in [-0.39, 0.29) is 24.0 Å². The number of aliphatic imine (C=N–C) groups is 1. The second kappa shape index (κ2) is 12.8.